The molecule has 5 nitrogen and oxygen atoms in total. The van der Waals surface area contributed by atoms with Gasteiger partial charge in [0.2, 0.25) is 11.8 Å². The highest BCUT2D eigenvalue weighted by atomic mass is 16.3. The molecular weight excluding hydrogens is 256 g/mol. The van der Waals surface area contributed by atoms with Gasteiger partial charge in [-0.2, -0.15) is 0 Å². The summed E-state index contributed by atoms with van der Waals surface area (Å²) in [6.45, 7) is 7.11. The molecule has 2 rings (SSSR count). The molecule has 1 aliphatic heterocycles. The third kappa shape index (κ3) is 3.51. The van der Waals surface area contributed by atoms with Crippen molar-refractivity contribution in [2.45, 2.75) is 52.1 Å². The van der Waals surface area contributed by atoms with Gasteiger partial charge in [0.25, 0.3) is 0 Å². The first-order valence-corrected chi connectivity index (χ1v) is 7.51. The summed E-state index contributed by atoms with van der Waals surface area (Å²) in [5.41, 5.74) is -0.988. The Morgan fingerprint density at radius 1 is 1.30 bits per heavy atom. The summed E-state index contributed by atoms with van der Waals surface area (Å²) in [6.07, 6.45) is 3.28. The molecule has 0 aromatic carbocycles. The number of rotatable bonds is 5. The van der Waals surface area contributed by atoms with Crippen LogP contribution in [0.1, 0.15) is 46.5 Å². The minimum atomic E-state index is -0.601. The smallest absolute Gasteiger partial charge is 0.225 e. The van der Waals surface area contributed by atoms with Gasteiger partial charge < -0.3 is 15.3 Å². The van der Waals surface area contributed by atoms with Crippen LogP contribution in [0.25, 0.3) is 0 Å². The van der Waals surface area contributed by atoms with Crippen molar-refractivity contribution in [2.24, 2.45) is 11.3 Å². The zero-order valence-electron chi connectivity index (χ0n) is 12.7. The summed E-state index contributed by atoms with van der Waals surface area (Å²) in [5.74, 6) is 0.509. The molecule has 0 unspecified atom stereocenters. The Bertz CT molecular complexity index is 390. The summed E-state index contributed by atoms with van der Waals surface area (Å²) < 4.78 is 0. The van der Waals surface area contributed by atoms with Crippen LogP contribution >= 0.6 is 0 Å². The molecule has 2 fully saturated rings. The molecule has 0 radical (unpaired) electrons. The molecule has 2 amide bonds. The van der Waals surface area contributed by atoms with Crippen LogP contribution in [-0.4, -0.2) is 47.1 Å². The van der Waals surface area contributed by atoms with Gasteiger partial charge in [-0.05, 0) is 25.2 Å². The van der Waals surface area contributed by atoms with Gasteiger partial charge in [0, 0.05) is 18.4 Å². The Hall–Kier alpha value is -1.10. The number of β-amino-alcohol motifs (C(OH)–C–C–N with tert-alkyl or cyclic N) is 1. The van der Waals surface area contributed by atoms with Crippen LogP contribution in [0.5, 0.6) is 0 Å². The van der Waals surface area contributed by atoms with Crippen molar-refractivity contribution in [1.82, 2.24) is 10.2 Å². The van der Waals surface area contributed by atoms with Crippen molar-refractivity contribution in [3.63, 3.8) is 0 Å². The van der Waals surface area contributed by atoms with Crippen molar-refractivity contribution in [1.29, 1.82) is 0 Å². The SMILES string of the molecule is CC(C)(C)C(=O)NCCCC(=O)N1CC(O)(C2CC2)C1. The lowest BCUT2D eigenvalue weighted by Gasteiger charge is -2.47. The van der Waals surface area contributed by atoms with E-state index in [-0.39, 0.29) is 17.2 Å². The maximum Gasteiger partial charge on any atom is 0.225 e. The molecule has 2 aliphatic rings. The van der Waals surface area contributed by atoms with Gasteiger partial charge in [0.05, 0.1) is 13.1 Å². The predicted octanol–water partition coefficient (Wildman–Crippen LogP) is 0.912. The van der Waals surface area contributed by atoms with Crippen LogP contribution in [0.15, 0.2) is 0 Å². The van der Waals surface area contributed by atoms with E-state index in [1.807, 2.05) is 20.8 Å². The molecular formula is C15H26N2O3. The number of carbonyl (C=O) groups is 2. The summed E-state index contributed by atoms with van der Waals surface area (Å²) >= 11 is 0. The predicted molar refractivity (Wildman–Crippen MR) is 76.0 cm³/mol. The lowest BCUT2D eigenvalue weighted by molar-refractivity contribution is -0.159. The highest BCUT2D eigenvalue weighted by Gasteiger charge is 2.52. The van der Waals surface area contributed by atoms with Crippen molar-refractivity contribution < 1.29 is 14.7 Å². The Labute approximate surface area is 120 Å². The lowest BCUT2D eigenvalue weighted by Crippen LogP contribution is -2.64. The lowest BCUT2D eigenvalue weighted by atomic mass is 9.88. The van der Waals surface area contributed by atoms with E-state index in [0.29, 0.717) is 38.4 Å². The zero-order chi connectivity index (χ0) is 15.0. The van der Waals surface area contributed by atoms with Crippen molar-refractivity contribution in [3.05, 3.63) is 0 Å². The first kappa shape index (κ1) is 15.3. The van der Waals surface area contributed by atoms with Crippen LogP contribution in [0, 0.1) is 11.3 Å². The number of amides is 2. The Morgan fingerprint density at radius 3 is 2.40 bits per heavy atom. The Balaban J connectivity index is 1.59. The monoisotopic (exact) mass is 282 g/mol. The summed E-state index contributed by atoms with van der Waals surface area (Å²) in [5, 5.41) is 13.0. The fourth-order valence-corrected chi connectivity index (χ4v) is 2.53. The van der Waals surface area contributed by atoms with Crippen LogP contribution < -0.4 is 5.32 Å². The number of nitrogens with one attached hydrogen (secondary N) is 1. The number of hydrogen-bond acceptors (Lipinski definition) is 3. The molecule has 5 heteroatoms. The Kier molecular flexibility index (Phi) is 4.09. The minimum absolute atomic E-state index is 0.0111. The van der Waals surface area contributed by atoms with Gasteiger partial charge in [-0.1, -0.05) is 20.8 Å². The van der Waals surface area contributed by atoms with Crippen LogP contribution in [0.2, 0.25) is 0 Å². The van der Waals surface area contributed by atoms with Crippen LogP contribution in [-0.2, 0) is 9.59 Å². The van der Waals surface area contributed by atoms with E-state index in [9.17, 15) is 14.7 Å². The Morgan fingerprint density at radius 2 is 1.90 bits per heavy atom. The fraction of sp³-hybridized carbons (Fsp3) is 0.867. The largest absolute Gasteiger partial charge is 0.386 e. The van der Waals surface area contributed by atoms with Gasteiger partial charge >= 0.3 is 0 Å². The van der Waals surface area contributed by atoms with Crippen molar-refractivity contribution in [3.8, 4) is 0 Å². The topological polar surface area (TPSA) is 69.6 Å². The van der Waals surface area contributed by atoms with E-state index in [0.717, 1.165) is 12.8 Å². The second-order valence-corrected chi connectivity index (χ2v) is 7.24. The molecule has 0 aromatic heterocycles. The van der Waals surface area contributed by atoms with E-state index < -0.39 is 5.60 Å². The summed E-state index contributed by atoms with van der Waals surface area (Å²) in [7, 11) is 0. The molecule has 20 heavy (non-hydrogen) atoms. The number of carbonyl (C=O) groups excluding carboxylic acids is 2. The normalized spacial score (nSPS) is 21.3. The second kappa shape index (κ2) is 5.35. The van der Waals surface area contributed by atoms with E-state index in [4.69, 9.17) is 0 Å². The molecule has 114 valence electrons. The molecule has 0 atom stereocenters. The maximum atomic E-state index is 11.9. The third-order valence-corrected chi connectivity index (χ3v) is 4.15. The molecule has 1 saturated heterocycles. The molecule has 0 aromatic rings. The van der Waals surface area contributed by atoms with E-state index in [1.54, 1.807) is 4.90 Å². The fourth-order valence-electron chi connectivity index (χ4n) is 2.53. The number of aliphatic hydroxyl groups is 1. The molecule has 0 spiro atoms. The average Bonchev–Trinajstić information content (AvgIpc) is 3.12. The molecule has 2 N–H and O–H groups in total. The van der Waals surface area contributed by atoms with Gasteiger partial charge in [-0.15, -0.1) is 0 Å². The number of likely N-dealkylation sites (tertiary alicyclic amines) is 1. The first-order chi connectivity index (χ1) is 9.22. The summed E-state index contributed by atoms with van der Waals surface area (Å²) in [6, 6.07) is 0. The van der Waals surface area contributed by atoms with Gasteiger partial charge in [0.15, 0.2) is 0 Å². The molecule has 1 saturated carbocycles. The average molecular weight is 282 g/mol. The van der Waals surface area contributed by atoms with Gasteiger partial charge in [-0.25, -0.2) is 0 Å². The van der Waals surface area contributed by atoms with Gasteiger partial charge in [-0.3, -0.25) is 9.59 Å². The van der Waals surface area contributed by atoms with E-state index >= 15 is 0 Å². The quantitative estimate of drug-likeness (QED) is 0.737. The standard InChI is InChI=1S/C15H26N2O3/c1-14(2,3)13(19)16-8-4-5-12(18)17-9-15(20,10-17)11-6-7-11/h11,20H,4-10H2,1-3H3,(H,16,19). The molecule has 1 heterocycles. The van der Waals surface area contributed by atoms with Crippen LogP contribution in [0.4, 0.5) is 0 Å². The highest BCUT2D eigenvalue weighted by Crippen LogP contribution is 2.44. The zero-order valence-corrected chi connectivity index (χ0v) is 12.7. The van der Waals surface area contributed by atoms with E-state index in [2.05, 4.69) is 5.32 Å². The number of nitrogens with zero attached hydrogens (tertiary/aromatic N) is 1. The van der Waals surface area contributed by atoms with Gasteiger partial charge in [0.1, 0.15) is 5.60 Å². The second-order valence-electron chi connectivity index (χ2n) is 7.24. The third-order valence-electron chi connectivity index (χ3n) is 4.15. The summed E-state index contributed by atoms with van der Waals surface area (Å²) in [4.78, 5) is 25.3. The van der Waals surface area contributed by atoms with E-state index in [1.165, 1.54) is 0 Å². The van der Waals surface area contributed by atoms with Crippen molar-refractivity contribution in [2.75, 3.05) is 19.6 Å². The molecule has 0 bridgehead atoms. The molecule has 1 aliphatic carbocycles. The number of hydrogen-bond donors (Lipinski definition) is 2. The maximum absolute atomic E-state index is 11.9. The van der Waals surface area contributed by atoms with Crippen LogP contribution in [0.3, 0.4) is 0 Å². The highest BCUT2D eigenvalue weighted by molar-refractivity contribution is 5.81. The van der Waals surface area contributed by atoms with Crippen molar-refractivity contribution >= 4 is 11.8 Å². The first-order valence-electron chi connectivity index (χ1n) is 7.51. The minimum Gasteiger partial charge on any atom is -0.386 e.